The fraction of sp³-hybridized carbons (Fsp3) is 0.579. The van der Waals surface area contributed by atoms with E-state index >= 15 is 0 Å². The van der Waals surface area contributed by atoms with Crippen molar-refractivity contribution in [3.05, 3.63) is 35.9 Å². The van der Waals surface area contributed by atoms with Crippen LogP contribution in [-0.2, 0) is 4.74 Å². The highest BCUT2D eigenvalue weighted by atomic mass is 35.5. The van der Waals surface area contributed by atoms with Crippen LogP contribution in [0.1, 0.15) is 57.4 Å². The van der Waals surface area contributed by atoms with Crippen LogP contribution in [0.3, 0.4) is 0 Å². The summed E-state index contributed by atoms with van der Waals surface area (Å²) >= 11 is 7.37. The molecule has 25 heavy (non-hydrogen) atoms. The van der Waals surface area contributed by atoms with Crippen LogP contribution in [0.2, 0.25) is 0 Å². The van der Waals surface area contributed by atoms with E-state index in [1.165, 1.54) is 43.9 Å². The number of rotatable bonds is 9. The van der Waals surface area contributed by atoms with Gasteiger partial charge in [0.25, 0.3) is 0 Å². The van der Waals surface area contributed by atoms with Gasteiger partial charge in [-0.05, 0) is 18.2 Å². The smallest absolute Gasteiger partial charge is 0.367 e. The lowest BCUT2D eigenvalue weighted by molar-refractivity contribution is 0.145. The molecule has 2 rings (SSSR count). The highest BCUT2D eigenvalue weighted by Crippen LogP contribution is 2.21. The van der Waals surface area contributed by atoms with E-state index in [1.807, 2.05) is 30.3 Å². The molecule has 0 fully saturated rings. The quantitative estimate of drug-likeness (QED) is 0.263. The van der Waals surface area contributed by atoms with Crippen molar-refractivity contribution in [3.8, 4) is 0 Å². The molecular formula is C19H27ClN2O2S. The summed E-state index contributed by atoms with van der Waals surface area (Å²) in [7, 11) is 0. The summed E-state index contributed by atoms with van der Waals surface area (Å²) in [6.07, 6.45) is 7.41. The Kier molecular flexibility index (Phi) is 9.19. The van der Waals surface area contributed by atoms with E-state index in [0.717, 1.165) is 23.4 Å². The molecule has 1 aliphatic heterocycles. The predicted octanol–water partition coefficient (Wildman–Crippen LogP) is 5.55. The molecule has 0 spiro atoms. The summed E-state index contributed by atoms with van der Waals surface area (Å²) in [6, 6.07) is 9.74. The van der Waals surface area contributed by atoms with E-state index in [-0.39, 0.29) is 10.8 Å². The molecule has 1 aromatic carbocycles. The van der Waals surface area contributed by atoms with Crippen molar-refractivity contribution in [2.45, 2.75) is 63.5 Å². The summed E-state index contributed by atoms with van der Waals surface area (Å²) in [4.78, 5) is 12.2. The topological polar surface area (TPSA) is 50.7 Å². The molecule has 0 saturated carbocycles. The number of nitrogens with one attached hydrogen (secondary N) is 1. The number of hydrogen-bond acceptors (Lipinski definition) is 5. The van der Waals surface area contributed by atoms with Crippen LogP contribution in [0.5, 0.6) is 0 Å². The maximum absolute atomic E-state index is 12.2. The van der Waals surface area contributed by atoms with Gasteiger partial charge in [0.1, 0.15) is 11.2 Å². The lowest BCUT2D eigenvalue weighted by Crippen LogP contribution is -2.39. The molecule has 0 saturated heterocycles. The van der Waals surface area contributed by atoms with E-state index in [9.17, 15) is 4.79 Å². The molecule has 0 aliphatic carbocycles. The first-order chi connectivity index (χ1) is 12.2. The zero-order valence-electron chi connectivity index (χ0n) is 14.7. The molecule has 4 nitrogen and oxygen atoms in total. The summed E-state index contributed by atoms with van der Waals surface area (Å²) < 4.78 is 5.64. The van der Waals surface area contributed by atoms with E-state index < -0.39 is 6.10 Å². The first kappa shape index (κ1) is 20.1. The third-order valence-corrected chi connectivity index (χ3v) is 5.18. The summed E-state index contributed by atoms with van der Waals surface area (Å²) in [6.45, 7) is 2.21. The van der Waals surface area contributed by atoms with Crippen LogP contribution < -0.4 is 5.43 Å². The number of benzene rings is 1. The van der Waals surface area contributed by atoms with Gasteiger partial charge >= 0.3 is 5.30 Å². The number of hydrazone groups is 1. The number of nitrogens with zero attached hydrogens (tertiary/aromatic N) is 1. The Labute approximate surface area is 159 Å². The van der Waals surface area contributed by atoms with Gasteiger partial charge in [-0.2, -0.15) is 5.10 Å². The molecule has 2 atom stereocenters. The number of alkyl halides is 1. The van der Waals surface area contributed by atoms with Gasteiger partial charge in [-0.3, -0.25) is 5.43 Å². The second kappa shape index (κ2) is 11.4. The highest BCUT2D eigenvalue weighted by Gasteiger charge is 2.29. The molecular weight excluding hydrogens is 356 g/mol. The van der Waals surface area contributed by atoms with Gasteiger partial charge in [0.05, 0.1) is 0 Å². The van der Waals surface area contributed by atoms with Crippen LogP contribution in [0.4, 0.5) is 4.79 Å². The van der Waals surface area contributed by atoms with Crippen molar-refractivity contribution in [2.75, 3.05) is 5.75 Å². The largest absolute Gasteiger partial charge is 0.448 e. The van der Waals surface area contributed by atoms with Crippen molar-refractivity contribution in [1.82, 2.24) is 5.43 Å². The van der Waals surface area contributed by atoms with Gasteiger partial charge in [0.15, 0.2) is 6.10 Å². The predicted molar refractivity (Wildman–Crippen MR) is 106 cm³/mol. The lowest BCUT2D eigenvalue weighted by atomic mass is 10.0. The SMILES string of the molecule is CCCCCCCCSC(=O)OC1CC(Cl)NN=C1c1ccccc1. The van der Waals surface area contributed by atoms with Crippen LogP contribution in [0.25, 0.3) is 0 Å². The minimum Gasteiger partial charge on any atom is -0.448 e. The van der Waals surface area contributed by atoms with Crippen molar-refractivity contribution < 1.29 is 9.53 Å². The third-order valence-electron chi connectivity index (χ3n) is 4.08. The standard InChI is InChI=1S/C19H27ClN2O2S/c1-2-3-4-5-6-10-13-25-19(23)24-16-14-17(20)21-22-18(16)15-11-8-7-9-12-15/h7-9,11-12,16-17,21H,2-6,10,13-14H2,1H3. The van der Waals surface area contributed by atoms with Gasteiger partial charge in [0, 0.05) is 17.7 Å². The second-order valence-corrected chi connectivity index (χ2v) is 7.73. The Morgan fingerprint density at radius 1 is 1.24 bits per heavy atom. The van der Waals surface area contributed by atoms with Crippen molar-refractivity contribution in [1.29, 1.82) is 0 Å². The van der Waals surface area contributed by atoms with Crippen molar-refractivity contribution in [3.63, 3.8) is 0 Å². The Balaban J connectivity index is 1.78. The maximum atomic E-state index is 12.2. The molecule has 1 aliphatic rings. The van der Waals surface area contributed by atoms with Gasteiger partial charge in [0.2, 0.25) is 0 Å². The Hall–Kier alpha value is -1.20. The Bertz CT molecular complexity index is 554. The molecule has 6 heteroatoms. The van der Waals surface area contributed by atoms with Crippen LogP contribution in [-0.4, -0.2) is 28.4 Å². The second-order valence-electron chi connectivity index (χ2n) is 6.17. The van der Waals surface area contributed by atoms with Gasteiger partial charge in [-0.1, -0.05) is 81.0 Å². The molecule has 0 bridgehead atoms. The van der Waals surface area contributed by atoms with Crippen LogP contribution in [0.15, 0.2) is 35.4 Å². The van der Waals surface area contributed by atoms with E-state index in [4.69, 9.17) is 16.3 Å². The monoisotopic (exact) mass is 382 g/mol. The zero-order chi connectivity index (χ0) is 17.9. The summed E-state index contributed by atoms with van der Waals surface area (Å²) in [5, 5.41) is 4.06. The number of hydrogen-bond donors (Lipinski definition) is 1. The van der Waals surface area contributed by atoms with Crippen molar-refractivity contribution in [2.24, 2.45) is 5.10 Å². The van der Waals surface area contributed by atoms with E-state index in [2.05, 4.69) is 17.5 Å². The van der Waals surface area contributed by atoms with Gasteiger partial charge in [-0.15, -0.1) is 0 Å². The van der Waals surface area contributed by atoms with E-state index in [0.29, 0.717) is 6.42 Å². The zero-order valence-corrected chi connectivity index (χ0v) is 16.3. The van der Waals surface area contributed by atoms with Crippen LogP contribution >= 0.6 is 23.4 Å². The normalized spacial score (nSPS) is 19.8. The van der Waals surface area contributed by atoms with E-state index in [1.54, 1.807) is 0 Å². The molecule has 138 valence electrons. The first-order valence-electron chi connectivity index (χ1n) is 9.06. The summed E-state index contributed by atoms with van der Waals surface area (Å²) in [5.74, 6) is 0.804. The third kappa shape index (κ3) is 7.28. The maximum Gasteiger partial charge on any atom is 0.367 e. The highest BCUT2D eigenvalue weighted by molar-refractivity contribution is 8.13. The number of ether oxygens (including phenoxy) is 1. The molecule has 0 amide bonds. The fourth-order valence-corrected chi connectivity index (χ4v) is 3.63. The average molecular weight is 383 g/mol. The minimum absolute atomic E-state index is 0.243. The molecule has 0 aromatic heterocycles. The Morgan fingerprint density at radius 3 is 2.72 bits per heavy atom. The van der Waals surface area contributed by atoms with Crippen LogP contribution in [0, 0.1) is 0 Å². The number of thioether (sulfide) groups is 1. The van der Waals surface area contributed by atoms with Crippen molar-refractivity contribution >= 4 is 34.4 Å². The minimum atomic E-state index is -0.407. The number of carbonyl (C=O) groups is 1. The van der Waals surface area contributed by atoms with Gasteiger partial charge < -0.3 is 4.74 Å². The summed E-state index contributed by atoms with van der Waals surface area (Å²) in [5.41, 5.74) is 4.21. The number of halogens is 1. The lowest BCUT2D eigenvalue weighted by Gasteiger charge is -2.26. The molecule has 1 heterocycles. The molecule has 0 radical (unpaired) electrons. The molecule has 1 aromatic rings. The average Bonchev–Trinajstić information content (AvgIpc) is 2.62. The first-order valence-corrected chi connectivity index (χ1v) is 10.5. The number of carbonyl (C=O) groups excluding carboxylic acids is 1. The fourth-order valence-electron chi connectivity index (χ4n) is 2.72. The van der Waals surface area contributed by atoms with Gasteiger partial charge in [-0.25, -0.2) is 4.79 Å². The Morgan fingerprint density at radius 2 is 1.96 bits per heavy atom. The number of unbranched alkanes of at least 4 members (excludes halogenated alkanes) is 5. The molecule has 2 unspecified atom stereocenters. The molecule has 1 N–H and O–H groups in total.